The molecule has 1 saturated carbocycles. The van der Waals surface area contributed by atoms with Crippen molar-refractivity contribution >= 4 is 5.91 Å². The van der Waals surface area contributed by atoms with Gasteiger partial charge in [-0.2, -0.15) is 0 Å². The molecule has 0 radical (unpaired) electrons. The Kier molecular flexibility index (Phi) is 0.858. The van der Waals surface area contributed by atoms with Crippen LogP contribution >= 0.6 is 0 Å². The molecule has 3 heteroatoms. The van der Waals surface area contributed by atoms with E-state index >= 15 is 0 Å². The third-order valence-corrected chi connectivity index (χ3v) is 2.22. The van der Waals surface area contributed by atoms with Gasteiger partial charge in [0.2, 0.25) is 5.91 Å². The van der Waals surface area contributed by atoms with Crippen molar-refractivity contribution in [3.05, 3.63) is 0 Å². The molecule has 3 atom stereocenters. The highest BCUT2D eigenvalue weighted by Gasteiger charge is 2.53. The molecule has 50 valence electrons. The predicted molar refractivity (Wildman–Crippen MR) is 30.6 cm³/mol. The molecule has 2 rings (SSSR count). The first kappa shape index (κ1) is 5.23. The van der Waals surface area contributed by atoms with Gasteiger partial charge in [-0.3, -0.25) is 4.79 Å². The number of nitrogens with one attached hydrogen (secondary N) is 1. The number of amides is 1. The van der Waals surface area contributed by atoms with Crippen LogP contribution in [0.2, 0.25) is 0 Å². The Morgan fingerprint density at radius 2 is 2.56 bits per heavy atom. The lowest BCUT2D eigenvalue weighted by atomic mass is 10.2. The minimum Gasteiger partial charge on any atom is -0.394 e. The Morgan fingerprint density at radius 1 is 1.78 bits per heavy atom. The minimum atomic E-state index is 0.0718. The highest BCUT2D eigenvalue weighted by atomic mass is 16.3. The minimum absolute atomic E-state index is 0.0718. The van der Waals surface area contributed by atoms with Crippen LogP contribution in [0.4, 0.5) is 0 Å². The summed E-state index contributed by atoms with van der Waals surface area (Å²) in [5.41, 5.74) is 0. The number of aliphatic hydroxyl groups excluding tert-OH is 1. The number of piperidine rings is 1. The van der Waals surface area contributed by atoms with Gasteiger partial charge in [0.15, 0.2) is 0 Å². The molecule has 1 heterocycles. The van der Waals surface area contributed by atoms with Gasteiger partial charge in [-0.15, -0.1) is 0 Å². The summed E-state index contributed by atoms with van der Waals surface area (Å²) in [6.07, 6.45) is 0.997. The van der Waals surface area contributed by atoms with Crippen molar-refractivity contribution in [2.24, 2.45) is 11.8 Å². The molecule has 9 heavy (non-hydrogen) atoms. The fraction of sp³-hybridized carbons (Fsp3) is 0.833. The lowest BCUT2D eigenvalue weighted by molar-refractivity contribution is -0.121. The van der Waals surface area contributed by atoms with Crippen LogP contribution in [0.25, 0.3) is 0 Å². The van der Waals surface area contributed by atoms with Crippen LogP contribution in [-0.4, -0.2) is 23.7 Å². The number of fused-ring (bicyclic) bond motifs is 1. The fourth-order valence-electron chi connectivity index (χ4n) is 1.54. The third kappa shape index (κ3) is 0.580. The lowest BCUT2D eigenvalue weighted by Gasteiger charge is -2.07. The van der Waals surface area contributed by atoms with Crippen molar-refractivity contribution in [2.45, 2.75) is 12.5 Å². The maximum atomic E-state index is 10.8. The topological polar surface area (TPSA) is 49.3 Å². The van der Waals surface area contributed by atoms with Crippen molar-refractivity contribution in [1.82, 2.24) is 5.32 Å². The molecule has 2 fully saturated rings. The second-order valence-electron chi connectivity index (χ2n) is 2.80. The van der Waals surface area contributed by atoms with Crippen LogP contribution < -0.4 is 5.32 Å². The van der Waals surface area contributed by atoms with Gasteiger partial charge in [0.25, 0.3) is 0 Å². The van der Waals surface area contributed by atoms with E-state index < -0.39 is 0 Å². The maximum Gasteiger partial charge on any atom is 0.223 e. The number of hydrogen-bond acceptors (Lipinski definition) is 2. The van der Waals surface area contributed by atoms with Gasteiger partial charge in [0, 0.05) is 5.92 Å². The molecular formula is C6H9NO2. The Hall–Kier alpha value is -0.570. The average Bonchev–Trinajstić information content (AvgIpc) is 2.56. The van der Waals surface area contributed by atoms with Crippen molar-refractivity contribution in [3.63, 3.8) is 0 Å². The largest absolute Gasteiger partial charge is 0.394 e. The van der Waals surface area contributed by atoms with E-state index in [9.17, 15) is 4.79 Å². The molecule has 3 nitrogen and oxygen atoms in total. The highest BCUT2D eigenvalue weighted by Crippen LogP contribution is 2.45. The summed E-state index contributed by atoms with van der Waals surface area (Å²) in [6.45, 7) is 0.104. The summed E-state index contributed by atoms with van der Waals surface area (Å²) in [5, 5.41) is 11.4. The Balaban J connectivity index is 2.08. The number of carbonyl (C=O) groups excluding carboxylic acids is 1. The van der Waals surface area contributed by atoms with Crippen LogP contribution in [0.15, 0.2) is 0 Å². The van der Waals surface area contributed by atoms with E-state index in [1.165, 1.54) is 0 Å². The molecule has 0 aromatic carbocycles. The lowest BCUT2D eigenvalue weighted by Crippen LogP contribution is -2.32. The van der Waals surface area contributed by atoms with Crippen LogP contribution in [-0.2, 0) is 4.79 Å². The van der Waals surface area contributed by atoms with Crippen LogP contribution in [0.1, 0.15) is 6.42 Å². The first-order valence-corrected chi connectivity index (χ1v) is 3.24. The Labute approximate surface area is 53.1 Å². The number of carbonyl (C=O) groups is 1. The van der Waals surface area contributed by atoms with Gasteiger partial charge in [-0.1, -0.05) is 0 Å². The maximum absolute atomic E-state index is 10.8. The number of rotatable bonds is 1. The summed E-state index contributed by atoms with van der Waals surface area (Å²) in [7, 11) is 0. The van der Waals surface area contributed by atoms with E-state index in [4.69, 9.17) is 5.11 Å². The van der Waals surface area contributed by atoms with Gasteiger partial charge in [0.05, 0.1) is 12.6 Å². The monoisotopic (exact) mass is 127 g/mol. The Morgan fingerprint density at radius 3 is 2.78 bits per heavy atom. The smallest absolute Gasteiger partial charge is 0.223 e. The van der Waals surface area contributed by atoms with E-state index in [-0.39, 0.29) is 24.5 Å². The van der Waals surface area contributed by atoms with Crippen molar-refractivity contribution in [3.8, 4) is 0 Å². The standard InChI is InChI=1S/C6H9NO2/c8-2-5-3-1-4(3)6(9)7-5/h3-5,8H,1-2H2,(H,7,9)/t3-,4?,5+/m0/s1. The summed E-state index contributed by atoms with van der Waals surface area (Å²) >= 11 is 0. The second-order valence-corrected chi connectivity index (χ2v) is 2.80. The second kappa shape index (κ2) is 1.48. The van der Waals surface area contributed by atoms with Crippen molar-refractivity contribution in [1.29, 1.82) is 0 Å². The molecule has 1 unspecified atom stereocenters. The van der Waals surface area contributed by atoms with Gasteiger partial charge in [-0.05, 0) is 12.3 Å². The molecule has 1 aliphatic heterocycles. The van der Waals surface area contributed by atoms with E-state index in [2.05, 4.69) is 5.32 Å². The summed E-state index contributed by atoms with van der Waals surface area (Å²) in [4.78, 5) is 10.8. The number of aliphatic hydroxyl groups is 1. The fourth-order valence-corrected chi connectivity index (χ4v) is 1.54. The van der Waals surface area contributed by atoms with E-state index in [0.29, 0.717) is 5.92 Å². The van der Waals surface area contributed by atoms with Gasteiger partial charge in [0.1, 0.15) is 0 Å². The molecule has 1 amide bonds. The summed E-state index contributed by atoms with van der Waals surface area (Å²) in [6, 6.07) is 0.0718. The van der Waals surface area contributed by atoms with Gasteiger partial charge < -0.3 is 10.4 Å². The Bertz CT molecular complexity index is 157. The van der Waals surface area contributed by atoms with Crippen LogP contribution in [0, 0.1) is 11.8 Å². The predicted octanol–water partition coefficient (Wildman–Crippen LogP) is -0.887. The summed E-state index contributed by atoms with van der Waals surface area (Å²) in [5.74, 6) is 0.851. The van der Waals surface area contributed by atoms with Crippen LogP contribution in [0.5, 0.6) is 0 Å². The van der Waals surface area contributed by atoms with E-state index in [1.54, 1.807) is 0 Å². The molecule has 2 N–H and O–H groups in total. The quantitative estimate of drug-likeness (QED) is 0.480. The normalized spacial score (nSPS) is 46.3. The highest BCUT2D eigenvalue weighted by molar-refractivity contribution is 5.85. The van der Waals surface area contributed by atoms with E-state index in [0.717, 1.165) is 6.42 Å². The SMILES string of the molecule is O=C1N[C@H](CO)[C@H]2CC12. The van der Waals surface area contributed by atoms with Crippen molar-refractivity contribution < 1.29 is 9.90 Å². The molecule has 0 spiro atoms. The molecule has 2 aliphatic rings. The molecular weight excluding hydrogens is 118 g/mol. The zero-order valence-corrected chi connectivity index (χ0v) is 5.00. The van der Waals surface area contributed by atoms with Gasteiger partial charge in [-0.25, -0.2) is 0 Å². The van der Waals surface area contributed by atoms with Gasteiger partial charge >= 0.3 is 0 Å². The third-order valence-electron chi connectivity index (χ3n) is 2.22. The molecule has 1 aliphatic carbocycles. The molecule has 0 aromatic rings. The first-order chi connectivity index (χ1) is 4.33. The first-order valence-electron chi connectivity index (χ1n) is 3.24. The summed E-state index contributed by atoms with van der Waals surface area (Å²) < 4.78 is 0. The molecule has 0 bridgehead atoms. The zero-order chi connectivity index (χ0) is 6.43. The zero-order valence-electron chi connectivity index (χ0n) is 5.00. The molecule has 0 aromatic heterocycles. The van der Waals surface area contributed by atoms with E-state index in [1.807, 2.05) is 0 Å². The van der Waals surface area contributed by atoms with Crippen LogP contribution in [0.3, 0.4) is 0 Å². The number of hydrogen-bond donors (Lipinski definition) is 2. The van der Waals surface area contributed by atoms with Crippen molar-refractivity contribution in [2.75, 3.05) is 6.61 Å². The molecule has 1 saturated heterocycles. The average molecular weight is 127 g/mol.